The summed E-state index contributed by atoms with van der Waals surface area (Å²) < 4.78 is 20.8. The number of thiophene rings is 1. The Labute approximate surface area is 176 Å². The molecule has 0 radical (unpaired) electrons. The lowest BCUT2D eigenvalue weighted by Gasteiger charge is -2.25. The van der Waals surface area contributed by atoms with Gasteiger partial charge in [0.2, 0.25) is 0 Å². The van der Waals surface area contributed by atoms with Crippen LogP contribution in [0.5, 0.6) is 0 Å². The summed E-state index contributed by atoms with van der Waals surface area (Å²) in [5.41, 5.74) is 0.467. The zero-order chi connectivity index (χ0) is 19.7. The van der Waals surface area contributed by atoms with Crippen LogP contribution in [0.25, 0.3) is 10.1 Å². The highest BCUT2D eigenvalue weighted by atomic mass is 35.5. The predicted octanol–water partition coefficient (Wildman–Crippen LogP) is 6.17. The SMILES string of the molecule is O=C(c1sc2cc(Cl)ccc2c1Cl)N(Cc1ccccc1F)CC1CCCO1. The molecular weight excluding hydrogens is 420 g/mol. The third kappa shape index (κ3) is 4.03. The molecule has 4 rings (SSSR count). The van der Waals surface area contributed by atoms with E-state index in [1.165, 1.54) is 17.4 Å². The van der Waals surface area contributed by atoms with E-state index in [2.05, 4.69) is 0 Å². The van der Waals surface area contributed by atoms with Crippen molar-refractivity contribution in [1.29, 1.82) is 0 Å². The Morgan fingerprint density at radius 1 is 1.25 bits per heavy atom. The van der Waals surface area contributed by atoms with Crippen molar-refractivity contribution >= 4 is 50.5 Å². The molecule has 0 N–H and O–H groups in total. The average Bonchev–Trinajstić information content (AvgIpc) is 3.30. The highest BCUT2D eigenvalue weighted by Crippen LogP contribution is 2.37. The van der Waals surface area contributed by atoms with E-state index in [0.29, 0.717) is 33.6 Å². The third-order valence-corrected chi connectivity index (χ3v) is 6.72. The van der Waals surface area contributed by atoms with Gasteiger partial charge in [-0.3, -0.25) is 4.79 Å². The van der Waals surface area contributed by atoms with Crippen LogP contribution in [-0.4, -0.2) is 30.1 Å². The van der Waals surface area contributed by atoms with Gasteiger partial charge in [0, 0.05) is 40.4 Å². The minimum atomic E-state index is -0.332. The van der Waals surface area contributed by atoms with Crippen LogP contribution in [0, 0.1) is 5.82 Å². The van der Waals surface area contributed by atoms with E-state index in [-0.39, 0.29) is 24.4 Å². The number of carbonyl (C=O) groups excluding carboxylic acids is 1. The molecule has 1 aromatic heterocycles. The summed E-state index contributed by atoms with van der Waals surface area (Å²) in [6.07, 6.45) is 1.81. The highest BCUT2D eigenvalue weighted by molar-refractivity contribution is 7.21. The van der Waals surface area contributed by atoms with Crippen LogP contribution in [0.4, 0.5) is 4.39 Å². The third-order valence-electron chi connectivity index (χ3n) is 4.84. The number of carbonyl (C=O) groups is 1. The fourth-order valence-corrected chi connectivity index (χ4v) is 5.16. The number of halogens is 3. The minimum Gasteiger partial charge on any atom is -0.376 e. The van der Waals surface area contributed by atoms with Crippen LogP contribution in [0.1, 0.15) is 28.1 Å². The van der Waals surface area contributed by atoms with E-state index < -0.39 is 0 Å². The van der Waals surface area contributed by atoms with Crippen molar-refractivity contribution in [3.05, 3.63) is 68.8 Å². The van der Waals surface area contributed by atoms with Gasteiger partial charge in [-0.25, -0.2) is 4.39 Å². The molecule has 28 heavy (non-hydrogen) atoms. The number of ether oxygens (including phenoxy) is 1. The molecule has 2 aromatic carbocycles. The number of amides is 1. The van der Waals surface area contributed by atoms with Crippen LogP contribution in [0.3, 0.4) is 0 Å². The Bertz CT molecular complexity index is 1020. The normalized spacial score (nSPS) is 16.6. The molecule has 1 amide bonds. The topological polar surface area (TPSA) is 29.5 Å². The maximum absolute atomic E-state index is 14.2. The number of fused-ring (bicyclic) bond motifs is 1. The highest BCUT2D eigenvalue weighted by Gasteiger charge is 2.27. The van der Waals surface area contributed by atoms with E-state index in [9.17, 15) is 9.18 Å². The molecule has 2 heterocycles. The van der Waals surface area contributed by atoms with E-state index >= 15 is 0 Å². The van der Waals surface area contributed by atoms with Gasteiger partial charge >= 0.3 is 0 Å². The van der Waals surface area contributed by atoms with Crippen LogP contribution in [0.15, 0.2) is 42.5 Å². The molecule has 0 bridgehead atoms. The molecule has 146 valence electrons. The van der Waals surface area contributed by atoms with E-state index in [4.69, 9.17) is 27.9 Å². The number of nitrogens with zero attached hydrogens (tertiary/aromatic N) is 1. The Kier molecular flexibility index (Phi) is 5.88. The summed E-state index contributed by atoms with van der Waals surface area (Å²) in [5.74, 6) is -0.553. The summed E-state index contributed by atoms with van der Waals surface area (Å²) in [7, 11) is 0. The number of rotatable bonds is 5. The van der Waals surface area contributed by atoms with Crippen molar-refractivity contribution in [3.8, 4) is 0 Å². The Balaban J connectivity index is 1.67. The van der Waals surface area contributed by atoms with Gasteiger partial charge < -0.3 is 9.64 Å². The van der Waals surface area contributed by atoms with E-state index in [1.54, 1.807) is 35.2 Å². The van der Waals surface area contributed by atoms with Crippen LogP contribution in [0.2, 0.25) is 10.0 Å². The first-order valence-electron chi connectivity index (χ1n) is 9.05. The molecule has 7 heteroatoms. The monoisotopic (exact) mass is 437 g/mol. The van der Waals surface area contributed by atoms with Gasteiger partial charge in [-0.15, -0.1) is 11.3 Å². The molecule has 0 aliphatic carbocycles. The summed E-state index contributed by atoms with van der Waals surface area (Å²) in [5, 5.41) is 1.79. The second-order valence-corrected chi connectivity index (χ2v) is 8.66. The van der Waals surface area contributed by atoms with Gasteiger partial charge in [-0.05, 0) is 31.0 Å². The Morgan fingerprint density at radius 3 is 2.82 bits per heavy atom. The van der Waals surface area contributed by atoms with Gasteiger partial charge in [-0.1, -0.05) is 47.5 Å². The number of benzene rings is 2. The smallest absolute Gasteiger partial charge is 0.265 e. The lowest BCUT2D eigenvalue weighted by molar-refractivity contribution is 0.0509. The molecule has 1 aliphatic rings. The number of hydrogen-bond acceptors (Lipinski definition) is 3. The molecule has 1 aliphatic heterocycles. The van der Waals surface area contributed by atoms with Crippen molar-refractivity contribution in [2.45, 2.75) is 25.5 Å². The van der Waals surface area contributed by atoms with Gasteiger partial charge in [0.1, 0.15) is 10.7 Å². The first-order valence-corrected chi connectivity index (χ1v) is 10.6. The van der Waals surface area contributed by atoms with Crippen molar-refractivity contribution < 1.29 is 13.9 Å². The Morgan fingerprint density at radius 2 is 2.07 bits per heavy atom. The zero-order valence-electron chi connectivity index (χ0n) is 15.0. The maximum atomic E-state index is 14.2. The van der Waals surface area contributed by atoms with E-state index in [1.807, 2.05) is 6.07 Å². The van der Waals surface area contributed by atoms with Gasteiger partial charge in [0.05, 0.1) is 11.1 Å². The van der Waals surface area contributed by atoms with Crippen molar-refractivity contribution in [2.24, 2.45) is 0 Å². The predicted molar refractivity (Wildman–Crippen MR) is 112 cm³/mol. The molecule has 3 nitrogen and oxygen atoms in total. The fourth-order valence-electron chi connectivity index (χ4n) is 3.41. The van der Waals surface area contributed by atoms with E-state index in [0.717, 1.165) is 22.9 Å². The standard InChI is InChI=1S/C21H18Cl2FNO2S/c22-14-7-8-16-18(10-14)28-20(19(16)23)21(26)25(12-15-5-3-9-27-15)11-13-4-1-2-6-17(13)24/h1-2,4,6-8,10,15H,3,5,9,11-12H2. The quantitative estimate of drug-likeness (QED) is 0.477. The van der Waals surface area contributed by atoms with Crippen molar-refractivity contribution in [1.82, 2.24) is 4.90 Å². The van der Waals surface area contributed by atoms with Gasteiger partial charge in [0.25, 0.3) is 5.91 Å². The van der Waals surface area contributed by atoms with Crippen LogP contribution < -0.4 is 0 Å². The molecule has 3 aromatic rings. The summed E-state index contributed by atoms with van der Waals surface area (Å²) in [6, 6.07) is 11.9. The Hall–Kier alpha value is -1.66. The average molecular weight is 438 g/mol. The molecule has 0 saturated carbocycles. The van der Waals surface area contributed by atoms with Crippen LogP contribution >= 0.6 is 34.5 Å². The first kappa shape index (κ1) is 19.6. The summed E-state index contributed by atoms with van der Waals surface area (Å²) >= 11 is 13.9. The fraction of sp³-hybridized carbons (Fsp3) is 0.286. The van der Waals surface area contributed by atoms with Gasteiger partial charge in [0.15, 0.2) is 0 Å². The summed E-state index contributed by atoms with van der Waals surface area (Å²) in [4.78, 5) is 15.4. The molecule has 1 fully saturated rings. The lowest BCUT2D eigenvalue weighted by Crippen LogP contribution is -2.37. The van der Waals surface area contributed by atoms with Crippen molar-refractivity contribution in [2.75, 3.05) is 13.2 Å². The largest absolute Gasteiger partial charge is 0.376 e. The second kappa shape index (κ2) is 8.37. The maximum Gasteiger partial charge on any atom is 0.265 e. The molecule has 1 saturated heterocycles. The summed E-state index contributed by atoms with van der Waals surface area (Å²) in [6.45, 7) is 1.25. The zero-order valence-corrected chi connectivity index (χ0v) is 17.3. The first-order chi connectivity index (χ1) is 13.5. The van der Waals surface area contributed by atoms with Crippen LogP contribution in [-0.2, 0) is 11.3 Å². The van der Waals surface area contributed by atoms with Gasteiger partial charge in [-0.2, -0.15) is 0 Å². The lowest BCUT2D eigenvalue weighted by atomic mass is 10.1. The second-order valence-electron chi connectivity index (χ2n) is 6.80. The minimum absolute atomic E-state index is 0.0432. The molecular formula is C21H18Cl2FNO2S. The molecule has 0 spiro atoms. The number of hydrogen-bond donors (Lipinski definition) is 0. The molecule has 1 atom stereocenters. The van der Waals surface area contributed by atoms with Crippen molar-refractivity contribution in [3.63, 3.8) is 0 Å². The molecule has 1 unspecified atom stereocenters.